The number of ether oxygens (including phenoxy) is 1. The van der Waals surface area contributed by atoms with E-state index in [0.29, 0.717) is 0 Å². The molecule has 8 aromatic rings. The van der Waals surface area contributed by atoms with Crippen LogP contribution in [-0.2, 0) is 5.41 Å². The van der Waals surface area contributed by atoms with Crippen LogP contribution in [0.1, 0.15) is 22.3 Å². The fourth-order valence-electron chi connectivity index (χ4n) is 8.20. The summed E-state index contributed by atoms with van der Waals surface area (Å²) in [5.74, 6) is 1.82. The lowest BCUT2D eigenvalue weighted by atomic mass is 9.67. The molecular weight excluding hydrogens is 556 g/mol. The molecule has 0 spiro atoms. The van der Waals surface area contributed by atoms with Crippen molar-refractivity contribution in [2.24, 2.45) is 0 Å². The summed E-state index contributed by atoms with van der Waals surface area (Å²) in [6.07, 6.45) is 0. The summed E-state index contributed by atoms with van der Waals surface area (Å²) in [6.45, 7) is 0. The van der Waals surface area contributed by atoms with Gasteiger partial charge in [-0.1, -0.05) is 146 Å². The van der Waals surface area contributed by atoms with Gasteiger partial charge in [-0.05, 0) is 90.5 Å². The lowest BCUT2D eigenvalue weighted by molar-refractivity contribution is 0.487. The maximum absolute atomic E-state index is 6.43. The summed E-state index contributed by atoms with van der Waals surface area (Å²) in [6, 6.07) is 62.1. The van der Waals surface area contributed by atoms with Gasteiger partial charge in [0.15, 0.2) is 0 Å². The van der Waals surface area contributed by atoms with Gasteiger partial charge in [-0.2, -0.15) is 0 Å². The molecule has 1 heterocycles. The van der Waals surface area contributed by atoms with Crippen LogP contribution < -0.4 is 4.74 Å². The molecule has 1 aliphatic carbocycles. The van der Waals surface area contributed by atoms with Crippen molar-refractivity contribution in [2.45, 2.75) is 5.41 Å². The summed E-state index contributed by atoms with van der Waals surface area (Å²) < 4.78 is 6.43. The quantitative estimate of drug-likeness (QED) is 0.201. The summed E-state index contributed by atoms with van der Waals surface area (Å²) in [7, 11) is 0. The van der Waals surface area contributed by atoms with E-state index in [1.54, 1.807) is 0 Å². The molecule has 0 saturated heterocycles. The fourth-order valence-corrected chi connectivity index (χ4v) is 8.20. The molecule has 10 rings (SSSR count). The Labute approximate surface area is 268 Å². The minimum absolute atomic E-state index is 0.463. The van der Waals surface area contributed by atoms with E-state index in [2.05, 4.69) is 170 Å². The monoisotopic (exact) mass is 584 g/mol. The molecule has 1 atom stereocenters. The lowest BCUT2D eigenvalue weighted by Crippen LogP contribution is -2.28. The molecule has 46 heavy (non-hydrogen) atoms. The van der Waals surface area contributed by atoms with Gasteiger partial charge < -0.3 is 4.74 Å². The lowest BCUT2D eigenvalue weighted by Gasteiger charge is -2.34. The first-order valence-electron chi connectivity index (χ1n) is 15.9. The van der Waals surface area contributed by atoms with Gasteiger partial charge in [0.25, 0.3) is 0 Å². The highest BCUT2D eigenvalue weighted by atomic mass is 16.5. The SMILES string of the molecule is c1ccc(C2(c3cccc(-c4ccc5c(c4)-c4cccc6cccc(c46)O5)c3)c3ccccc3-c3c2ccc2ccccc32)cc1. The van der Waals surface area contributed by atoms with E-state index >= 15 is 0 Å². The smallest absolute Gasteiger partial charge is 0.135 e. The van der Waals surface area contributed by atoms with Crippen LogP contribution in [0.3, 0.4) is 0 Å². The molecule has 214 valence electrons. The number of fused-ring (bicyclic) bond motifs is 7. The second kappa shape index (κ2) is 9.54. The molecular formula is C45H28O. The average Bonchev–Trinajstić information content (AvgIpc) is 3.44. The maximum Gasteiger partial charge on any atom is 0.135 e. The minimum Gasteiger partial charge on any atom is -0.456 e. The number of rotatable bonds is 3. The Morgan fingerprint density at radius 1 is 0.391 bits per heavy atom. The van der Waals surface area contributed by atoms with Crippen LogP contribution in [0.2, 0.25) is 0 Å². The van der Waals surface area contributed by atoms with Crippen LogP contribution >= 0.6 is 0 Å². The average molecular weight is 585 g/mol. The highest BCUT2D eigenvalue weighted by Crippen LogP contribution is 2.58. The fraction of sp³-hybridized carbons (Fsp3) is 0.0222. The van der Waals surface area contributed by atoms with Crippen molar-refractivity contribution in [3.05, 3.63) is 192 Å². The first kappa shape index (κ1) is 25.4. The highest BCUT2D eigenvalue weighted by molar-refractivity contribution is 6.05. The van der Waals surface area contributed by atoms with Gasteiger partial charge in [-0.15, -0.1) is 0 Å². The molecule has 1 heteroatoms. The zero-order valence-corrected chi connectivity index (χ0v) is 25.1. The molecule has 0 amide bonds. The molecule has 0 fully saturated rings. The zero-order valence-electron chi connectivity index (χ0n) is 25.1. The van der Waals surface area contributed by atoms with Crippen molar-refractivity contribution in [3.63, 3.8) is 0 Å². The minimum atomic E-state index is -0.463. The third-order valence-corrected chi connectivity index (χ3v) is 10.1. The van der Waals surface area contributed by atoms with E-state index in [0.717, 1.165) is 17.1 Å². The molecule has 8 aromatic carbocycles. The van der Waals surface area contributed by atoms with Crippen molar-refractivity contribution in [3.8, 4) is 44.9 Å². The van der Waals surface area contributed by atoms with Crippen LogP contribution in [0.4, 0.5) is 0 Å². The summed E-state index contributed by atoms with van der Waals surface area (Å²) in [5.41, 5.74) is 12.1. The third-order valence-electron chi connectivity index (χ3n) is 10.1. The predicted molar refractivity (Wildman–Crippen MR) is 190 cm³/mol. The Morgan fingerprint density at radius 3 is 2.04 bits per heavy atom. The molecule has 0 saturated carbocycles. The van der Waals surface area contributed by atoms with Crippen LogP contribution in [0.25, 0.3) is 54.9 Å². The number of benzene rings is 8. The van der Waals surface area contributed by atoms with E-state index in [1.807, 2.05) is 0 Å². The Kier molecular flexibility index (Phi) is 5.27. The van der Waals surface area contributed by atoms with E-state index < -0.39 is 5.41 Å². The van der Waals surface area contributed by atoms with E-state index in [1.165, 1.54) is 71.6 Å². The summed E-state index contributed by atoms with van der Waals surface area (Å²) >= 11 is 0. The van der Waals surface area contributed by atoms with Crippen molar-refractivity contribution in [2.75, 3.05) is 0 Å². The van der Waals surface area contributed by atoms with Crippen molar-refractivity contribution in [1.29, 1.82) is 0 Å². The van der Waals surface area contributed by atoms with Crippen LogP contribution in [0, 0.1) is 0 Å². The van der Waals surface area contributed by atoms with Gasteiger partial charge in [-0.25, -0.2) is 0 Å². The molecule has 0 N–H and O–H groups in total. The second-order valence-corrected chi connectivity index (χ2v) is 12.4. The first-order valence-corrected chi connectivity index (χ1v) is 15.9. The number of hydrogen-bond acceptors (Lipinski definition) is 1. The van der Waals surface area contributed by atoms with Gasteiger partial charge in [0, 0.05) is 10.9 Å². The van der Waals surface area contributed by atoms with Gasteiger partial charge in [-0.3, -0.25) is 0 Å². The number of hydrogen-bond donors (Lipinski definition) is 0. The first-order chi connectivity index (χ1) is 22.8. The Balaban J connectivity index is 1.22. The van der Waals surface area contributed by atoms with E-state index in [-0.39, 0.29) is 0 Å². The molecule has 0 radical (unpaired) electrons. The normalized spacial score (nSPS) is 15.7. The highest BCUT2D eigenvalue weighted by Gasteiger charge is 2.46. The van der Waals surface area contributed by atoms with Crippen molar-refractivity contribution in [1.82, 2.24) is 0 Å². The molecule has 0 aromatic heterocycles. The molecule has 2 aliphatic rings. The predicted octanol–water partition coefficient (Wildman–Crippen LogP) is 11.8. The molecule has 1 aliphatic heterocycles. The Morgan fingerprint density at radius 2 is 1.11 bits per heavy atom. The molecule has 0 bridgehead atoms. The van der Waals surface area contributed by atoms with Crippen LogP contribution in [0.15, 0.2) is 170 Å². The van der Waals surface area contributed by atoms with E-state index in [4.69, 9.17) is 4.74 Å². The maximum atomic E-state index is 6.43. The van der Waals surface area contributed by atoms with Crippen molar-refractivity contribution < 1.29 is 4.74 Å². The third kappa shape index (κ3) is 3.40. The standard InChI is InChI=1S/C45H28O/c1-2-15-33(16-3-1)45(39-21-7-6-19-37(39)44-35-18-5-4-11-29(35)23-25-40(44)45)34-17-8-14-31(27-34)32-24-26-41-38(28-32)36-20-9-12-30-13-10-22-42(46-41)43(30)36/h1-28H. The van der Waals surface area contributed by atoms with Crippen LogP contribution in [0.5, 0.6) is 11.5 Å². The second-order valence-electron chi connectivity index (χ2n) is 12.4. The largest absolute Gasteiger partial charge is 0.456 e. The van der Waals surface area contributed by atoms with Gasteiger partial charge in [0.05, 0.1) is 5.41 Å². The zero-order chi connectivity index (χ0) is 30.2. The summed E-state index contributed by atoms with van der Waals surface area (Å²) in [5, 5.41) is 4.94. The summed E-state index contributed by atoms with van der Waals surface area (Å²) in [4.78, 5) is 0. The van der Waals surface area contributed by atoms with Gasteiger partial charge >= 0.3 is 0 Å². The van der Waals surface area contributed by atoms with Crippen molar-refractivity contribution >= 4 is 21.5 Å². The van der Waals surface area contributed by atoms with Crippen LogP contribution in [-0.4, -0.2) is 0 Å². The Hall–Kier alpha value is -5.92. The van der Waals surface area contributed by atoms with E-state index in [9.17, 15) is 0 Å². The topological polar surface area (TPSA) is 9.23 Å². The Bertz CT molecular complexity index is 2500. The molecule has 1 nitrogen and oxygen atoms in total. The molecule has 1 unspecified atom stereocenters. The van der Waals surface area contributed by atoms with Gasteiger partial charge in [0.1, 0.15) is 11.5 Å². The van der Waals surface area contributed by atoms with Gasteiger partial charge in [0.2, 0.25) is 0 Å².